The van der Waals surface area contributed by atoms with Gasteiger partial charge in [-0.3, -0.25) is 4.79 Å². The van der Waals surface area contributed by atoms with E-state index in [9.17, 15) is 9.59 Å². The lowest BCUT2D eigenvalue weighted by Gasteiger charge is -2.11. The third kappa shape index (κ3) is 5.74. The van der Waals surface area contributed by atoms with E-state index >= 15 is 0 Å². The van der Waals surface area contributed by atoms with Crippen molar-refractivity contribution in [1.82, 2.24) is 9.88 Å². The molecule has 1 fully saturated rings. The summed E-state index contributed by atoms with van der Waals surface area (Å²) in [5, 5.41) is 3.98. The van der Waals surface area contributed by atoms with Crippen molar-refractivity contribution in [2.24, 2.45) is 4.99 Å². The van der Waals surface area contributed by atoms with Gasteiger partial charge < -0.3 is 14.6 Å². The van der Waals surface area contributed by atoms with Gasteiger partial charge in [-0.05, 0) is 98.6 Å². The van der Waals surface area contributed by atoms with Crippen LogP contribution in [0.4, 0.5) is 5.69 Å². The molecule has 3 aromatic rings. The van der Waals surface area contributed by atoms with Crippen molar-refractivity contribution >= 4 is 52.2 Å². The van der Waals surface area contributed by atoms with Crippen LogP contribution in [0.15, 0.2) is 58.4 Å². The highest BCUT2D eigenvalue weighted by Gasteiger charge is 2.25. The predicted molar refractivity (Wildman–Crippen MR) is 147 cm³/mol. The summed E-state index contributed by atoms with van der Waals surface area (Å²) in [6.45, 7) is 8.44. The molecule has 2 heterocycles. The quantitative estimate of drug-likeness (QED) is 0.208. The number of amidine groups is 1. The van der Waals surface area contributed by atoms with Crippen molar-refractivity contribution < 1.29 is 14.3 Å². The SMILES string of the molecule is CCCCOC(=O)c1ccc(-n2c(C)cc(/C=C3\SC(=Nc4ccc(C)c(Cl)c4)NC3=O)c2C)cc1. The molecule has 1 N–H and O–H groups in total. The van der Waals surface area contributed by atoms with Crippen LogP contribution in [0, 0.1) is 20.8 Å². The van der Waals surface area contributed by atoms with Crippen LogP contribution < -0.4 is 5.32 Å². The van der Waals surface area contributed by atoms with Gasteiger partial charge in [0.15, 0.2) is 5.17 Å². The number of hydrogen-bond donors (Lipinski definition) is 1. The molecule has 0 radical (unpaired) electrons. The molecule has 2 aromatic carbocycles. The van der Waals surface area contributed by atoms with Crippen LogP contribution in [-0.4, -0.2) is 28.2 Å². The zero-order chi connectivity index (χ0) is 25.8. The molecule has 4 rings (SSSR count). The van der Waals surface area contributed by atoms with Crippen molar-refractivity contribution in [3.8, 4) is 5.69 Å². The number of amides is 1. The maximum atomic E-state index is 12.6. The molecule has 1 saturated heterocycles. The minimum absolute atomic E-state index is 0.187. The third-order valence-electron chi connectivity index (χ3n) is 5.89. The Morgan fingerprint density at radius 2 is 1.89 bits per heavy atom. The van der Waals surface area contributed by atoms with E-state index in [-0.39, 0.29) is 11.9 Å². The fourth-order valence-corrected chi connectivity index (χ4v) is 4.87. The Balaban J connectivity index is 1.54. The van der Waals surface area contributed by atoms with Gasteiger partial charge in [-0.2, -0.15) is 0 Å². The summed E-state index contributed by atoms with van der Waals surface area (Å²) in [7, 11) is 0. The van der Waals surface area contributed by atoms with Crippen molar-refractivity contribution in [2.75, 3.05) is 6.61 Å². The van der Waals surface area contributed by atoms with Crippen LogP contribution in [0.3, 0.4) is 0 Å². The highest BCUT2D eigenvalue weighted by atomic mass is 35.5. The number of thioether (sulfide) groups is 1. The second-order valence-corrected chi connectivity index (χ2v) is 10.1. The first-order chi connectivity index (χ1) is 17.3. The number of nitrogens with zero attached hydrogens (tertiary/aromatic N) is 2. The molecule has 0 spiro atoms. The van der Waals surface area contributed by atoms with Gasteiger partial charge in [-0.25, -0.2) is 9.79 Å². The largest absolute Gasteiger partial charge is 0.462 e. The molecule has 6 nitrogen and oxygen atoms in total. The van der Waals surface area contributed by atoms with E-state index in [0.717, 1.165) is 41.0 Å². The van der Waals surface area contributed by atoms with Crippen molar-refractivity contribution in [3.05, 3.63) is 86.5 Å². The summed E-state index contributed by atoms with van der Waals surface area (Å²) in [5.41, 5.74) is 6.06. The zero-order valence-corrected chi connectivity index (χ0v) is 22.3. The molecule has 8 heteroatoms. The molecule has 1 aromatic heterocycles. The fourth-order valence-electron chi connectivity index (χ4n) is 3.86. The lowest BCUT2D eigenvalue weighted by molar-refractivity contribution is -0.115. The molecular formula is C28H28ClN3O3S. The molecule has 0 aliphatic carbocycles. The van der Waals surface area contributed by atoms with Gasteiger partial charge in [0.05, 0.1) is 22.8 Å². The number of carbonyl (C=O) groups is 2. The molecule has 1 aliphatic heterocycles. The van der Waals surface area contributed by atoms with Crippen LogP contribution in [0.2, 0.25) is 5.02 Å². The molecule has 1 aliphatic rings. The smallest absolute Gasteiger partial charge is 0.338 e. The number of esters is 1. The predicted octanol–water partition coefficient (Wildman–Crippen LogP) is 6.90. The second kappa shape index (κ2) is 11.2. The van der Waals surface area contributed by atoms with Crippen molar-refractivity contribution in [3.63, 3.8) is 0 Å². The average Bonchev–Trinajstić information content (AvgIpc) is 3.33. The summed E-state index contributed by atoms with van der Waals surface area (Å²) in [4.78, 5) is 29.9. The molecule has 0 bridgehead atoms. The standard InChI is InChI=1S/C28H28ClN3O3S/c1-5-6-13-35-27(34)20-8-11-23(12-9-20)32-18(3)14-21(19(32)4)15-25-26(33)31-28(36-25)30-22-10-7-17(2)24(29)16-22/h7-12,14-16H,5-6,13H2,1-4H3,(H,30,31,33)/b25-15-. The monoisotopic (exact) mass is 521 g/mol. The van der Waals surface area contributed by atoms with Crippen LogP contribution in [0.5, 0.6) is 0 Å². The van der Waals surface area contributed by atoms with E-state index in [4.69, 9.17) is 16.3 Å². The van der Waals surface area contributed by atoms with E-state index in [1.807, 2.05) is 57.2 Å². The lowest BCUT2D eigenvalue weighted by Crippen LogP contribution is -2.19. The number of aromatic nitrogens is 1. The molecule has 0 unspecified atom stereocenters. The Labute approximate surface area is 220 Å². The normalized spacial score (nSPS) is 15.5. The molecule has 1 amide bonds. The van der Waals surface area contributed by atoms with Gasteiger partial charge in [-0.1, -0.05) is 31.0 Å². The minimum atomic E-state index is -0.309. The number of benzene rings is 2. The molecule has 186 valence electrons. The molecule has 0 atom stereocenters. The van der Waals surface area contributed by atoms with Gasteiger partial charge in [0.25, 0.3) is 5.91 Å². The fraction of sp³-hybridized carbons (Fsp3) is 0.250. The zero-order valence-electron chi connectivity index (χ0n) is 20.7. The second-order valence-electron chi connectivity index (χ2n) is 8.61. The third-order valence-corrected chi connectivity index (χ3v) is 7.20. The number of ether oxygens (including phenoxy) is 1. The highest BCUT2D eigenvalue weighted by molar-refractivity contribution is 8.18. The summed E-state index contributed by atoms with van der Waals surface area (Å²) < 4.78 is 7.39. The minimum Gasteiger partial charge on any atom is -0.462 e. The number of nitrogens with one attached hydrogen (secondary N) is 1. The lowest BCUT2D eigenvalue weighted by atomic mass is 10.2. The Morgan fingerprint density at radius 1 is 1.14 bits per heavy atom. The molecule has 0 saturated carbocycles. The van der Waals surface area contributed by atoms with Crippen molar-refractivity contribution in [1.29, 1.82) is 0 Å². The highest BCUT2D eigenvalue weighted by Crippen LogP contribution is 2.31. The molecule has 36 heavy (non-hydrogen) atoms. The maximum Gasteiger partial charge on any atom is 0.338 e. The molecular weight excluding hydrogens is 494 g/mol. The van der Waals surface area contributed by atoms with Gasteiger partial charge in [0.2, 0.25) is 0 Å². The number of halogens is 1. The summed E-state index contributed by atoms with van der Waals surface area (Å²) in [5.74, 6) is -0.497. The Kier molecular flexibility index (Phi) is 8.01. The van der Waals surface area contributed by atoms with E-state index in [1.165, 1.54) is 11.8 Å². The summed E-state index contributed by atoms with van der Waals surface area (Å²) >= 11 is 7.50. The maximum absolute atomic E-state index is 12.6. The summed E-state index contributed by atoms with van der Waals surface area (Å²) in [6.07, 6.45) is 3.71. The number of unbranched alkanes of at least 4 members (excludes halogenated alkanes) is 1. The Bertz CT molecular complexity index is 1370. The van der Waals surface area contributed by atoms with Crippen LogP contribution in [-0.2, 0) is 9.53 Å². The van der Waals surface area contributed by atoms with E-state index in [0.29, 0.717) is 33.0 Å². The first kappa shape index (κ1) is 25.8. The number of rotatable bonds is 7. The topological polar surface area (TPSA) is 72.7 Å². The number of aryl methyl sites for hydroxylation is 2. The first-order valence-electron chi connectivity index (χ1n) is 11.8. The Morgan fingerprint density at radius 3 is 2.58 bits per heavy atom. The number of hydrogen-bond acceptors (Lipinski definition) is 5. The van der Waals surface area contributed by atoms with Crippen LogP contribution in [0.1, 0.15) is 52.6 Å². The van der Waals surface area contributed by atoms with E-state index < -0.39 is 0 Å². The van der Waals surface area contributed by atoms with E-state index in [1.54, 1.807) is 18.2 Å². The Hall–Kier alpha value is -3.29. The van der Waals surface area contributed by atoms with E-state index in [2.05, 4.69) is 21.8 Å². The van der Waals surface area contributed by atoms with Gasteiger partial charge in [-0.15, -0.1) is 0 Å². The average molecular weight is 522 g/mol. The van der Waals surface area contributed by atoms with Crippen LogP contribution in [0.25, 0.3) is 11.8 Å². The van der Waals surface area contributed by atoms with Gasteiger partial charge in [0, 0.05) is 22.1 Å². The number of aliphatic imine (C=N–C) groups is 1. The van der Waals surface area contributed by atoms with Crippen molar-refractivity contribution in [2.45, 2.75) is 40.5 Å². The summed E-state index contributed by atoms with van der Waals surface area (Å²) in [6, 6.07) is 15.0. The van der Waals surface area contributed by atoms with Gasteiger partial charge in [0.1, 0.15) is 0 Å². The number of carbonyl (C=O) groups excluding carboxylic acids is 2. The first-order valence-corrected chi connectivity index (χ1v) is 13.0. The van der Waals surface area contributed by atoms with Crippen LogP contribution >= 0.6 is 23.4 Å². The van der Waals surface area contributed by atoms with Gasteiger partial charge >= 0.3 is 5.97 Å².